The molecular weight excluding hydrogens is 304 g/mol. The molecule has 0 saturated heterocycles. The molecule has 2 fully saturated rings. The van der Waals surface area contributed by atoms with Crippen LogP contribution in [0.25, 0.3) is 0 Å². The van der Waals surface area contributed by atoms with Crippen molar-refractivity contribution >= 4 is 0 Å². The lowest BCUT2D eigenvalue weighted by molar-refractivity contribution is -0.00319. The van der Waals surface area contributed by atoms with E-state index in [2.05, 4.69) is 49.9 Å². The van der Waals surface area contributed by atoms with Gasteiger partial charge in [0.2, 0.25) is 0 Å². The van der Waals surface area contributed by atoms with E-state index in [0.29, 0.717) is 6.10 Å². The molecule has 2 aliphatic carbocycles. The zero-order valence-corrected chi connectivity index (χ0v) is 15.8. The van der Waals surface area contributed by atoms with Crippen molar-refractivity contribution in [2.24, 2.45) is 11.8 Å². The maximum Gasteiger partial charge on any atom is 0.0651 e. The van der Waals surface area contributed by atoms with Crippen molar-refractivity contribution in [2.75, 3.05) is 6.61 Å². The van der Waals surface area contributed by atoms with E-state index >= 15 is 0 Å². The van der Waals surface area contributed by atoms with Crippen molar-refractivity contribution in [3.8, 4) is 0 Å². The summed E-state index contributed by atoms with van der Waals surface area (Å²) >= 11 is 0. The molecule has 1 aromatic rings. The fourth-order valence-corrected chi connectivity index (χ4v) is 4.81. The highest BCUT2D eigenvalue weighted by molar-refractivity contribution is 5.26. The molecule has 2 saturated carbocycles. The first-order chi connectivity index (χ1) is 12.3. The molecule has 136 valence electrons. The zero-order valence-electron chi connectivity index (χ0n) is 15.8. The average molecular weight is 339 g/mol. The Morgan fingerprint density at radius 3 is 2.56 bits per heavy atom. The SMILES string of the molecule is C=CCCc1ccc(C2CCC3CC(OC/C=C/C)CCC3C2)cc1. The maximum atomic E-state index is 6.04. The van der Waals surface area contributed by atoms with Crippen LogP contribution in [-0.4, -0.2) is 12.7 Å². The lowest BCUT2D eigenvalue weighted by atomic mass is 9.65. The van der Waals surface area contributed by atoms with Gasteiger partial charge in [-0.25, -0.2) is 0 Å². The summed E-state index contributed by atoms with van der Waals surface area (Å²) in [6.45, 7) is 6.67. The van der Waals surface area contributed by atoms with Crippen LogP contribution in [0.5, 0.6) is 0 Å². The zero-order chi connectivity index (χ0) is 17.5. The Kier molecular flexibility index (Phi) is 6.93. The number of benzene rings is 1. The van der Waals surface area contributed by atoms with E-state index < -0.39 is 0 Å². The van der Waals surface area contributed by atoms with Gasteiger partial charge in [0.15, 0.2) is 0 Å². The lowest BCUT2D eigenvalue weighted by Crippen LogP contribution is -2.33. The minimum absolute atomic E-state index is 0.498. The first-order valence-electron chi connectivity index (χ1n) is 10.2. The third kappa shape index (κ3) is 5.07. The number of hydrogen-bond donors (Lipinski definition) is 0. The fraction of sp³-hybridized carbons (Fsp3) is 0.583. The molecule has 25 heavy (non-hydrogen) atoms. The molecule has 0 aliphatic heterocycles. The number of rotatable bonds is 7. The Balaban J connectivity index is 1.51. The van der Waals surface area contributed by atoms with Gasteiger partial charge in [0.25, 0.3) is 0 Å². The van der Waals surface area contributed by atoms with Crippen molar-refractivity contribution in [1.82, 2.24) is 0 Å². The van der Waals surface area contributed by atoms with E-state index in [4.69, 9.17) is 4.74 Å². The predicted molar refractivity (Wildman–Crippen MR) is 107 cm³/mol. The van der Waals surface area contributed by atoms with E-state index in [1.54, 1.807) is 5.56 Å². The van der Waals surface area contributed by atoms with Crippen molar-refractivity contribution in [3.63, 3.8) is 0 Å². The van der Waals surface area contributed by atoms with Crippen LogP contribution >= 0.6 is 0 Å². The second-order valence-electron chi connectivity index (χ2n) is 7.94. The number of allylic oxidation sites excluding steroid dienone is 2. The van der Waals surface area contributed by atoms with Gasteiger partial charge in [0, 0.05) is 0 Å². The van der Waals surface area contributed by atoms with Crippen LogP contribution in [-0.2, 0) is 11.2 Å². The molecule has 0 aromatic heterocycles. The minimum Gasteiger partial charge on any atom is -0.374 e. The van der Waals surface area contributed by atoms with Crippen LogP contribution in [0, 0.1) is 11.8 Å². The second-order valence-corrected chi connectivity index (χ2v) is 7.94. The Morgan fingerprint density at radius 2 is 1.80 bits per heavy atom. The topological polar surface area (TPSA) is 9.23 Å². The molecule has 0 radical (unpaired) electrons. The molecule has 1 aromatic carbocycles. The summed E-state index contributed by atoms with van der Waals surface area (Å²) in [5.41, 5.74) is 3.00. The van der Waals surface area contributed by atoms with E-state index in [-0.39, 0.29) is 0 Å². The molecule has 4 atom stereocenters. The highest BCUT2D eigenvalue weighted by Crippen LogP contribution is 2.46. The molecule has 0 amide bonds. The molecular formula is C24H34O. The van der Waals surface area contributed by atoms with E-state index in [0.717, 1.165) is 37.2 Å². The molecule has 1 nitrogen and oxygen atoms in total. The van der Waals surface area contributed by atoms with Crippen LogP contribution in [0.2, 0.25) is 0 Å². The van der Waals surface area contributed by atoms with Crippen molar-refractivity contribution in [2.45, 2.75) is 70.3 Å². The number of hydrogen-bond acceptors (Lipinski definition) is 1. The van der Waals surface area contributed by atoms with Crippen LogP contribution in [0.4, 0.5) is 0 Å². The average Bonchev–Trinajstić information content (AvgIpc) is 2.66. The first-order valence-corrected chi connectivity index (χ1v) is 10.2. The lowest BCUT2D eigenvalue weighted by Gasteiger charge is -2.42. The second kappa shape index (κ2) is 9.38. The molecule has 2 aliphatic rings. The summed E-state index contributed by atoms with van der Waals surface area (Å²) in [6.07, 6.45) is 16.9. The Bertz CT molecular complexity index is 556. The van der Waals surface area contributed by atoms with Crippen LogP contribution in [0.1, 0.15) is 68.9 Å². The van der Waals surface area contributed by atoms with Gasteiger partial charge >= 0.3 is 0 Å². The molecule has 0 N–H and O–H groups in total. The summed E-state index contributed by atoms with van der Waals surface area (Å²) < 4.78 is 6.04. The van der Waals surface area contributed by atoms with Gasteiger partial charge in [-0.1, -0.05) is 42.5 Å². The largest absolute Gasteiger partial charge is 0.374 e. The monoisotopic (exact) mass is 338 g/mol. The fourth-order valence-electron chi connectivity index (χ4n) is 4.81. The maximum absolute atomic E-state index is 6.04. The Hall–Kier alpha value is -1.34. The first kappa shape index (κ1) is 18.5. The Morgan fingerprint density at radius 1 is 1.04 bits per heavy atom. The number of fused-ring (bicyclic) bond motifs is 1. The predicted octanol–water partition coefficient (Wildman–Crippen LogP) is 6.45. The van der Waals surface area contributed by atoms with Crippen LogP contribution in [0.3, 0.4) is 0 Å². The van der Waals surface area contributed by atoms with Crippen molar-refractivity contribution in [1.29, 1.82) is 0 Å². The van der Waals surface area contributed by atoms with Crippen molar-refractivity contribution < 1.29 is 4.74 Å². The normalized spacial score (nSPS) is 29.5. The highest BCUT2D eigenvalue weighted by Gasteiger charge is 2.36. The molecule has 3 rings (SSSR count). The molecule has 0 heterocycles. The third-order valence-electron chi connectivity index (χ3n) is 6.32. The standard InChI is InChI=1S/C24H34O/c1-3-5-7-19-8-10-20(11-9-19)21-12-13-23-18-24(25-16-6-4-2)15-14-22(23)17-21/h3-4,6,8-11,21-24H,1,5,7,12-18H2,2H3/b6-4+. The summed E-state index contributed by atoms with van der Waals surface area (Å²) in [6, 6.07) is 9.43. The Labute approximate surface area is 154 Å². The summed E-state index contributed by atoms with van der Waals surface area (Å²) in [5.74, 6) is 2.59. The molecule has 1 heteroatoms. The van der Waals surface area contributed by atoms with E-state index in [1.165, 1.54) is 44.1 Å². The van der Waals surface area contributed by atoms with E-state index in [9.17, 15) is 0 Å². The number of ether oxygens (including phenoxy) is 1. The minimum atomic E-state index is 0.498. The summed E-state index contributed by atoms with van der Waals surface area (Å²) in [7, 11) is 0. The summed E-state index contributed by atoms with van der Waals surface area (Å²) in [5, 5.41) is 0. The van der Waals surface area contributed by atoms with Crippen LogP contribution in [0.15, 0.2) is 49.1 Å². The molecule has 4 unspecified atom stereocenters. The van der Waals surface area contributed by atoms with Gasteiger partial charge in [0.1, 0.15) is 0 Å². The van der Waals surface area contributed by atoms with Gasteiger partial charge in [-0.05, 0) is 87.2 Å². The third-order valence-corrected chi connectivity index (χ3v) is 6.32. The van der Waals surface area contributed by atoms with Crippen LogP contribution < -0.4 is 0 Å². The number of aryl methyl sites for hydroxylation is 1. The van der Waals surface area contributed by atoms with Gasteiger partial charge in [0.05, 0.1) is 12.7 Å². The van der Waals surface area contributed by atoms with Gasteiger partial charge < -0.3 is 4.74 Å². The van der Waals surface area contributed by atoms with Gasteiger partial charge in [-0.15, -0.1) is 6.58 Å². The van der Waals surface area contributed by atoms with E-state index in [1.807, 2.05) is 6.08 Å². The van der Waals surface area contributed by atoms with Crippen molar-refractivity contribution in [3.05, 3.63) is 60.2 Å². The quantitative estimate of drug-likeness (QED) is 0.519. The van der Waals surface area contributed by atoms with Gasteiger partial charge in [-0.3, -0.25) is 0 Å². The van der Waals surface area contributed by atoms with Gasteiger partial charge in [-0.2, -0.15) is 0 Å². The summed E-state index contributed by atoms with van der Waals surface area (Å²) in [4.78, 5) is 0. The highest BCUT2D eigenvalue weighted by atomic mass is 16.5. The molecule has 0 bridgehead atoms. The smallest absolute Gasteiger partial charge is 0.0651 e. The molecule has 0 spiro atoms.